The minimum Gasteiger partial charge on any atom is -0.453 e. The van der Waals surface area contributed by atoms with Crippen LogP contribution in [-0.2, 0) is 11.3 Å². The van der Waals surface area contributed by atoms with Gasteiger partial charge in [0.05, 0.1) is 25.4 Å². The summed E-state index contributed by atoms with van der Waals surface area (Å²) in [6.45, 7) is 3.88. The van der Waals surface area contributed by atoms with Crippen LogP contribution in [-0.4, -0.2) is 50.9 Å². The Kier molecular flexibility index (Phi) is 4.81. The van der Waals surface area contributed by atoms with Gasteiger partial charge in [-0.25, -0.2) is 14.2 Å². The summed E-state index contributed by atoms with van der Waals surface area (Å²) in [5.41, 5.74) is 2.00. The molecule has 2 fully saturated rings. The van der Waals surface area contributed by atoms with Crippen LogP contribution >= 0.6 is 11.6 Å². The molecule has 176 valence electrons. The quantitative estimate of drug-likeness (QED) is 0.536. The zero-order valence-electron chi connectivity index (χ0n) is 18.9. The highest BCUT2D eigenvalue weighted by molar-refractivity contribution is 6.30. The van der Waals surface area contributed by atoms with E-state index < -0.39 is 6.09 Å². The first-order chi connectivity index (χ1) is 16.4. The largest absolute Gasteiger partial charge is 0.453 e. The van der Waals surface area contributed by atoms with Crippen LogP contribution in [0.1, 0.15) is 48.9 Å². The third kappa shape index (κ3) is 3.17. The second-order valence-electron chi connectivity index (χ2n) is 9.57. The summed E-state index contributed by atoms with van der Waals surface area (Å²) < 4.78 is 21.2. The summed E-state index contributed by atoms with van der Waals surface area (Å²) in [5.74, 6) is 1.97. The minimum absolute atomic E-state index is 0.151. The van der Waals surface area contributed by atoms with Crippen LogP contribution in [0, 0.1) is 11.2 Å². The highest BCUT2D eigenvalue weighted by Gasteiger charge is 2.55. The molecule has 6 rings (SSSR count). The van der Waals surface area contributed by atoms with E-state index in [-0.39, 0.29) is 23.2 Å². The fraction of sp³-hybridized carbons (Fsp3) is 0.417. The van der Waals surface area contributed by atoms with E-state index in [4.69, 9.17) is 16.3 Å². The maximum absolute atomic E-state index is 14.1. The van der Waals surface area contributed by atoms with E-state index in [0.29, 0.717) is 23.2 Å². The normalized spacial score (nSPS) is 20.8. The monoisotopic (exact) mass is 482 g/mol. The number of hydrogen-bond donors (Lipinski definition) is 0. The number of anilines is 1. The maximum Gasteiger partial charge on any atom is 0.410 e. The summed E-state index contributed by atoms with van der Waals surface area (Å²) in [4.78, 5) is 20.4. The molecule has 1 unspecified atom stereocenters. The van der Waals surface area contributed by atoms with Gasteiger partial charge in [0, 0.05) is 35.6 Å². The van der Waals surface area contributed by atoms with Gasteiger partial charge < -0.3 is 9.64 Å². The summed E-state index contributed by atoms with van der Waals surface area (Å²) >= 11 is 6.30. The highest BCUT2D eigenvalue weighted by Crippen LogP contribution is 2.57. The molecule has 0 radical (unpaired) electrons. The first-order valence-electron chi connectivity index (χ1n) is 11.3. The van der Waals surface area contributed by atoms with E-state index in [0.717, 1.165) is 43.0 Å². The molecule has 34 heavy (non-hydrogen) atoms. The molecule has 4 heterocycles. The smallest absolute Gasteiger partial charge is 0.410 e. The van der Waals surface area contributed by atoms with E-state index in [1.165, 1.54) is 13.2 Å². The molecule has 1 atom stereocenters. The number of amides is 1. The van der Waals surface area contributed by atoms with E-state index in [1.54, 1.807) is 17.2 Å². The van der Waals surface area contributed by atoms with Crippen molar-refractivity contribution in [3.63, 3.8) is 0 Å². The van der Waals surface area contributed by atoms with Crippen molar-refractivity contribution in [3.8, 4) is 5.69 Å². The molecule has 3 aliphatic rings. The number of methoxy groups -OCH3 is 1. The molecule has 2 aromatic heterocycles. The molecule has 1 saturated heterocycles. The van der Waals surface area contributed by atoms with E-state index >= 15 is 0 Å². The Morgan fingerprint density at radius 2 is 1.97 bits per heavy atom. The van der Waals surface area contributed by atoms with Crippen molar-refractivity contribution < 1.29 is 13.9 Å². The van der Waals surface area contributed by atoms with Crippen LogP contribution < -0.4 is 4.90 Å². The van der Waals surface area contributed by atoms with E-state index in [9.17, 15) is 9.18 Å². The molecular weight excluding hydrogens is 459 g/mol. The van der Waals surface area contributed by atoms with E-state index in [1.807, 2.05) is 30.0 Å². The van der Waals surface area contributed by atoms with Crippen LogP contribution in [0.2, 0.25) is 5.02 Å². The summed E-state index contributed by atoms with van der Waals surface area (Å²) in [5, 5.41) is 9.70. The van der Waals surface area contributed by atoms with Crippen LogP contribution in [0.3, 0.4) is 0 Å². The average Bonchev–Trinajstić information content (AvgIpc) is 3.15. The number of hydrogen-bond acceptors (Lipinski definition) is 6. The first-order valence-corrected chi connectivity index (χ1v) is 11.7. The Labute approximate surface area is 201 Å². The number of benzene rings is 1. The van der Waals surface area contributed by atoms with Crippen molar-refractivity contribution >= 4 is 23.5 Å². The van der Waals surface area contributed by atoms with Gasteiger partial charge in [-0.15, -0.1) is 10.2 Å². The number of ether oxygens (including phenoxy) is 1. The van der Waals surface area contributed by atoms with Gasteiger partial charge in [0.1, 0.15) is 5.82 Å². The number of carbonyl (C=O) groups is 1. The molecule has 2 aliphatic heterocycles. The lowest BCUT2D eigenvalue weighted by Gasteiger charge is -2.59. The topological polar surface area (TPSA) is 76.4 Å². The van der Waals surface area contributed by atoms with Crippen molar-refractivity contribution in [2.24, 2.45) is 5.41 Å². The average molecular weight is 483 g/mol. The first kappa shape index (κ1) is 21.3. The van der Waals surface area contributed by atoms with Gasteiger partial charge >= 0.3 is 6.09 Å². The Morgan fingerprint density at radius 3 is 2.71 bits per heavy atom. The van der Waals surface area contributed by atoms with Crippen molar-refractivity contribution in [2.75, 3.05) is 25.1 Å². The molecule has 1 aromatic carbocycles. The van der Waals surface area contributed by atoms with Gasteiger partial charge in [-0.1, -0.05) is 11.6 Å². The summed E-state index contributed by atoms with van der Waals surface area (Å²) in [6.07, 6.45) is 3.11. The van der Waals surface area contributed by atoms with Gasteiger partial charge in [-0.3, -0.25) is 9.47 Å². The Hall–Kier alpha value is -3.20. The highest BCUT2D eigenvalue weighted by atomic mass is 35.5. The van der Waals surface area contributed by atoms with Crippen molar-refractivity contribution in [1.29, 1.82) is 0 Å². The lowest BCUT2D eigenvalue weighted by molar-refractivity contribution is 0.0575. The standard InChI is InChI=1S/C24H24ClFN6O2/c1-14-20-28-29-21(16-9-24(10-16)12-30(13-24)22-18(26)4-3-7-27-22)32(20)19-6-5-17(25)8-15(19)11-31(14)23(33)34-2/h3-8,14,16H,9-13H2,1-2H3. The summed E-state index contributed by atoms with van der Waals surface area (Å²) in [6, 6.07) is 8.43. The molecule has 10 heteroatoms. The van der Waals surface area contributed by atoms with Gasteiger partial charge in [0.25, 0.3) is 0 Å². The number of fused-ring (bicyclic) bond motifs is 3. The van der Waals surface area contributed by atoms with Gasteiger partial charge in [0.2, 0.25) is 0 Å². The number of carbonyl (C=O) groups excluding carboxylic acids is 1. The molecule has 1 saturated carbocycles. The fourth-order valence-electron chi connectivity index (χ4n) is 5.74. The SMILES string of the molecule is COC(=O)N1Cc2cc(Cl)ccc2-n2c(C3CC4(C3)CN(c3ncccc3F)C4)nnc2C1C. The predicted octanol–water partition coefficient (Wildman–Crippen LogP) is 4.48. The Balaban J connectivity index is 1.29. The van der Waals surface area contributed by atoms with Crippen molar-refractivity contribution in [2.45, 2.75) is 38.3 Å². The third-order valence-corrected chi connectivity index (χ3v) is 7.64. The second-order valence-corrected chi connectivity index (χ2v) is 10.0. The van der Waals surface area contributed by atoms with Gasteiger partial charge in [0.15, 0.2) is 17.5 Å². The molecule has 3 aromatic rings. The molecule has 0 bridgehead atoms. The second kappa shape index (κ2) is 7.66. The molecule has 1 amide bonds. The molecule has 1 aliphatic carbocycles. The molecule has 0 N–H and O–H groups in total. The fourth-order valence-corrected chi connectivity index (χ4v) is 5.93. The van der Waals surface area contributed by atoms with Gasteiger partial charge in [-0.2, -0.15) is 0 Å². The number of aromatic nitrogens is 4. The lowest BCUT2D eigenvalue weighted by atomic mass is 9.57. The van der Waals surface area contributed by atoms with Crippen molar-refractivity contribution in [1.82, 2.24) is 24.6 Å². The van der Waals surface area contributed by atoms with Crippen LogP contribution in [0.25, 0.3) is 5.69 Å². The minimum atomic E-state index is -0.421. The zero-order valence-corrected chi connectivity index (χ0v) is 19.7. The number of rotatable bonds is 2. The number of pyridine rings is 1. The number of halogens is 2. The maximum atomic E-state index is 14.1. The third-order valence-electron chi connectivity index (χ3n) is 7.40. The lowest BCUT2D eigenvalue weighted by Crippen LogP contribution is -2.62. The Morgan fingerprint density at radius 1 is 1.21 bits per heavy atom. The van der Waals surface area contributed by atoms with Crippen molar-refractivity contribution in [3.05, 3.63) is 64.6 Å². The van der Waals surface area contributed by atoms with Gasteiger partial charge in [-0.05, 0) is 55.7 Å². The summed E-state index contributed by atoms with van der Waals surface area (Å²) in [7, 11) is 1.38. The molecule has 8 nitrogen and oxygen atoms in total. The Bertz CT molecular complexity index is 1280. The predicted molar refractivity (Wildman–Crippen MR) is 124 cm³/mol. The van der Waals surface area contributed by atoms with E-state index in [2.05, 4.69) is 19.7 Å². The molecule has 1 spiro atoms. The number of nitrogens with zero attached hydrogens (tertiary/aromatic N) is 6. The molecular formula is C24H24ClFN6O2. The van der Waals surface area contributed by atoms with Crippen LogP contribution in [0.4, 0.5) is 15.0 Å². The van der Waals surface area contributed by atoms with Crippen LogP contribution in [0.15, 0.2) is 36.5 Å². The van der Waals surface area contributed by atoms with Crippen LogP contribution in [0.5, 0.6) is 0 Å². The zero-order chi connectivity index (χ0) is 23.6.